The Labute approximate surface area is 110 Å². The molecule has 0 saturated carbocycles. The summed E-state index contributed by atoms with van der Waals surface area (Å²) in [5.74, 6) is 0.648. The Morgan fingerprint density at radius 2 is 1.88 bits per heavy atom. The molecule has 0 aliphatic rings. The van der Waals surface area contributed by atoms with Crippen molar-refractivity contribution in [3.63, 3.8) is 0 Å². The van der Waals surface area contributed by atoms with E-state index >= 15 is 0 Å². The van der Waals surface area contributed by atoms with Crippen LogP contribution in [0.2, 0.25) is 0 Å². The van der Waals surface area contributed by atoms with Crippen molar-refractivity contribution in [2.75, 3.05) is 0 Å². The third-order valence-corrected chi connectivity index (χ3v) is 2.94. The van der Waals surface area contributed by atoms with Crippen molar-refractivity contribution in [3.8, 4) is 5.88 Å². The number of benzene rings is 1. The van der Waals surface area contributed by atoms with Gasteiger partial charge in [-0.2, -0.15) is 0 Å². The minimum atomic E-state index is 0.0537. The van der Waals surface area contributed by atoms with E-state index < -0.39 is 0 Å². The largest absolute Gasteiger partial charge is 0.469 e. The molecule has 0 aliphatic carbocycles. The van der Waals surface area contributed by atoms with Crippen LogP contribution in [0.15, 0.2) is 53.1 Å². The Balaban J connectivity index is 2.16. The number of nitrogens with zero attached hydrogens (tertiary/aromatic N) is 1. The van der Waals surface area contributed by atoms with Crippen molar-refractivity contribution < 1.29 is 4.74 Å². The van der Waals surface area contributed by atoms with Gasteiger partial charge in [-0.05, 0) is 34.0 Å². The fraction of sp³-hybridized carbons (Fsp3) is 0.214. The molecular weight excluding hydrogens is 278 g/mol. The maximum Gasteiger partial charge on any atom is 0.214 e. The highest BCUT2D eigenvalue weighted by atomic mass is 79.9. The second-order valence-electron chi connectivity index (χ2n) is 3.72. The Morgan fingerprint density at radius 1 is 1.12 bits per heavy atom. The van der Waals surface area contributed by atoms with Crippen LogP contribution in [-0.2, 0) is 0 Å². The molecule has 0 amide bonds. The summed E-state index contributed by atoms with van der Waals surface area (Å²) in [5.41, 5.74) is 1.18. The highest BCUT2D eigenvalue weighted by Crippen LogP contribution is 2.23. The smallest absolute Gasteiger partial charge is 0.214 e. The highest BCUT2D eigenvalue weighted by Gasteiger charge is 2.11. The van der Waals surface area contributed by atoms with Crippen LogP contribution in [0, 0.1) is 0 Å². The number of halogens is 1. The first-order chi connectivity index (χ1) is 8.29. The molecule has 88 valence electrons. The maximum atomic E-state index is 5.89. The lowest BCUT2D eigenvalue weighted by Crippen LogP contribution is -2.07. The van der Waals surface area contributed by atoms with Crippen molar-refractivity contribution in [1.29, 1.82) is 0 Å². The SMILES string of the molecule is CC[C@H](Oc1cccc(Br)n1)c1ccccc1. The van der Waals surface area contributed by atoms with Gasteiger partial charge < -0.3 is 4.74 Å². The molecule has 0 bridgehead atoms. The molecule has 1 aromatic heterocycles. The molecule has 2 rings (SSSR count). The van der Waals surface area contributed by atoms with E-state index in [0.717, 1.165) is 11.0 Å². The molecule has 3 heteroatoms. The van der Waals surface area contributed by atoms with Gasteiger partial charge in [0.05, 0.1) is 0 Å². The van der Waals surface area contributed by atoms with Gasteiger partial charge in [-0.1, -0.05) is 43.3 Å². The molecule has 0 unspecified atom stereocenters. The highest BCUT2D eigenvalue weighted by molar-refractivity contribution is 9.10. The summed E-state index contributed by atoms with van der Waals surface area (Å²) in [6.07, 6.45) is 0.969. The fourth-order valence-corrected chi connectivity index (χ4v) is 1.98. The number of hydrogen-bond acceptors (Lipinski definition) is 2. The number of hydrogen-bond donors (Lipinski definition) is 0. The Hall–Kier alpha value is -1.35. The molecule has 0 fully saturated rings. The Kier molecular flexibility index (Phi) is 4.15. The third-order valence-electron chi connectivity index (χ3n) is 2.49. The summed E-state index contributed by atoms with van der Waals surface area (Å²) in [7, 11) is 0. The van der Waals surface area contributed by atoms with Crippen LogP contribution in [0.4, 0.5) is 0 Å². The molecule has 1 heterocycles. The standard InChI is InChI=1S/C14H14BrNO/c1-2-12(11-7-4-3-5-8-11)17-14-10-6-9-13(15)16-14/h3-10,12H,2H2,1H3/t12-/m0/s1. The zero-order chi connectivity index (χ0) is 12.1. The van der Waals surface area contributed by atoms with Crippen LogP contribution >= 0.6 is 15.9 Å². The van der Waals surface area contributed by atoms with Gasteiger partial charge >= 0.3 is 0 Å². The predicted molar refractivity (Wildman–Crippen MR) is 72.0 cm³/mol. The first-order valence-corrected chi connectivity index (χ1v) is 6.43. The summed E-state index contributed by atoms with van der Waals surface area (Å²) in [5, 5.41) is 0. The second-order valence-corrected chi connectivity index (χ2v) is 4.54. The number of aromatic nitrogens is 1. The van der Waals surface area contributed by atoms with E-state index in [2.05, 4.69) is 40.0 Å². The van der Waals surface area contributed by atoms with Gasteiger partial charge in [0.15, 0.2) is 0 Å². The summed E-state index contributed by atoms with van der Waals surface area (Å²) in [4.78, 5) is 4.28. The van der Waals surface area contributed by atoms with Gasteiger partial charge in [-0.3, -0.25) is 0 Å². The normalized spacial score (nSPS) is 12.1. The van der Waals surface area contributed by atoms with Crippen LogP contribution in [-0.4, -0.2) is 4.98 Å². The fourth-order valence-electron chi connectivity index (χ4n) is 1.66. The van der Waals surface area contributed by atoms with E-state index in [1.54, 1.807) is 0 Å². The first kappa shape index (κ1) is 12.1. The van der Waals surface area contributed by atoms with Gasteiger partial charge in [0.25, 0.3) is 0 Å². The quantitative estimate of drug-likeness (QED) is 0.780. The van der Waals surface area contributed by atoms with E-state index in [1.165, 1.54) is 5.56 Å². The lowest BCUT2D eigenvalue weighted by atomic mass is 10.1. The maximum absolute atomic E-state index is 5.89. The van der Waals surface area contributed by atoms with Crippen molar-refractivity contribution >= 4 is 15.9 Å². The molecule has 0 radical (unpaired) electrons. The van der Waals surface area contributed by atoms with E-state index in [9.17, 15) is 0 Å². The summed E-state index contributed by atoms with van der Waals surface area (Å²) in [6.45, 7) is 2.11. The Bertz CT molecular complexity index is 473. The minimum absolute atomic E-state index is 0.0537. The van der Waals surface area contributed by atoms with Gasteiger partial charge in [0.1, 0.15) is 10.7 Å². The average molecular weight is 292 g/mol. The molecule has 1 aromatic carbocycles. The number of rotatable bonds is 4. The van der Waals surface area contributed by atoms with Gasteiger partial charge in [0, 0.05) is 6.07 Å². The molecule has 2 aromatic rings. The lowest BCUT2D eigenvalue weighted by Gasteiger charge is -2.17. The monoisotopic (exact) mass is 291 g/mol. The topological polar surface area (TPSA) is 22.1 Å². The summed E-state index contributed by atoms with van der Waals surface area (Å²) < 4.78 is 6.68. The molecule has 17 heavy (non-hydrogen) atoms. The third kappa shape index (κ3) is 3.30. The van der Waals surface area contributed by atoms with E-state index in [1.807, 2.05) is 36.4 Å². The van der Waals surface area contributed by atoms with E-state index in [4.69, 9.17) is 4.74 Å². The van der Waals surface area contributed by atoms with Crippen molar-refractivity contribution in [2.45, 2.75) is 19.4 Å². The molecule has 1 atom stereocenters. The lowest BCUT2D eigenvalue weighted by molar-refractivity contribution is 0.192. The average Bonchev–Trinajstić information content (AvgIpc) is 2.37. The van der Waals surface area contributed by atoms with Gasteiger partial charge in [-0.15, -0.1) is 0 Å². The zero-order valence-electron chi connectivity index (χ0n) is 9.64. The molecule has 0 aliphatic heterocycles. The first-order valence-electron chi connectivity index (χ1n) is 5.63. The second kappa shape index (κ2) is 5.82. The minimum Gasteiger partial charge on any atom is -0.469 e. The van der Waals surface area contributed by atoms with Crippen molar-refractivity contribution in [3.05, 3.63) is 58.7 Å². The molecule has 0 N–H and O–H groups in total. The van der Waals surface area contributed by atoms with Crippen LogP contribution in [0.25, 0.3) is 0 Å². The van der Waals surface area contributed by atoms with Crippen LogP contribution in [0.5, 0.6) is 5.88 Å². The van der Waals surface area contributed by atoms with Gasteiger partial charge in [-0.25, -0.2) is 4.98 Å². The zero-order valence-corrected chi connectivity index (χ0v) is 11.2. The van der Waals surface area contributed by atoms with Crippen molar-refractivity contribution in [2.24, 2.45) is 0 Å². The molecular formula is C14H14BrNO. The number of pyridine rings is 1. The van der Waals surface area contributed by atoms with Crippen LogP contribution in [0.3, 0.4) is 0 Å². The molecule has 0 spiro atoms. The predicted octanol–water partition coefficient (Wildman–Crippen LogP) is 4.37. The number of ether oxygens (including phenoxy) is 1. The molecule has 0 saturated heterocycles. The summed E-state index contributed by atoms with van der Waals surface area (Å²) >= 11 is 3.34. The van der Waals surface area contributed by atoms with Crippen molar-refractivity contribution in [1.82, 2.24) is 4.98 Å². The van der Waals surface area contributed by atoms with Crippen LogP contribution < -0.4 is 4.74 Å². The summed E-state index contributed by atoms with van der Waals surface area (Å²) in [6, 6.07) is 15.9. The molecule has 2 nitrogen and oxygen atoms in total. The van der Waals surface area contributed by atoms with Gasteiger partial charge in [0.2, 0.25) is 5.88 Å². The van der Waals surface area contributed by atoms with E-state index in [0.29, 0.717) is 5.88 Å². The van der Waals surface area contributed by atoms with Crippen LogP contribution in [0.1, 0.15) is 25.0 Å². The van der Waals surface area contributed by atoms with E-state index in [-0.39, 0.29) is 6.10 Å². The Morgan fingerprint density at radius 3 is 2.53 bits per heavy atom.